The van der Waals surface area contributed by atoms with Gasteiger partial charge in [-0.1, -0.05) is 12.1 Å². The van der Waals surface area contributed by atoms with Crippen molar-refractivity contribution in [3.8, 4) is 17.1 Å². The topological polar surface area (TPSA) is 72.3 Å². The van der Waals surface area contributed by atoms with E-state index in [-0.39, 0.29) is 5.91 Å². The van der Waals surface area contributed by atoms with Crippen molar-refractivity contribution in [1.29, 1.82) is 0 Å². The molecule has 0 saturated carbocycles. The number of carbonyl (C=O) groups excluding carboxylic acids is 1. The summed E-state index contributed by atoms with van der Waals surface area (Å²) in [4.78, 5) is 18.5. The van der Waals surface area contributed by atoms with Gasteiger partial charge in [-0.3, -0.25) is 4.79 Å². The lowest BCUT2D eigenvalue weighted by atomic mass is 10.2. The van der Waals surface area contributed by atoms with E-state index in [1.807, 2.05) is 55.4 Å². The van der Waals surface area contributed by atoms with Gasteiger partial charge in [0.15, 0.2) is 5.82 Å². The number of rotatable bonds is 6. The standard InChI is InChI=1S/C20H23N5O2/c1-14(26)25-20(21-13-15-5-9-17(10-6-15)24(2)3)22-19(23-25)16-7-11-18(27-4)12-8-16/h5-12H,13H2,1-4H3,(H,21,22,23). The molecule has 3 rings (SSSR count). The molecule has 0 amide bonds. The fourth-order valence-corrected chi connectivity index (χ4v) is 2.60. The van der Waals surface area contributed by atoms with E-state index in [1.165, 1.54) is 11.6 Å². The lowest BCUT2D eigenvalue weighted by Crippen LogP contribution is -2.13. The first kappa shape index (κ1) is 18.4. The zero-order chi connectivity index (χ0) is 19.4. The van der Waals surface area contributed by atoms with Crippen molar-refractivity contribution in [3.05, 3.63) is 54.1 Å². The van der Waals surface area contributed by atoms with Crippen LogP contribution in [0, 0.1) is 0 Å². The number of benzene rings is 2. The molecule has 1 aromatic heterocycles. The van der Waals surface area contributed by atoms with E-state index in [9.17, 15) is 4.79 Å². The Hall–Kier alpha value is -3.35. The highest BCUT2D eigenvalue weighted by molar-refractivity contribution is 5.79. The maximum Gasteiger partial charge on any atom is 0.246 e. The van der Waals surface area contributed by atoms with E-state index >= 15 is 0 Å². The molecule has 0 radical (unpaired) electrons. The summed E-state index contributed by atoms with van der Waals surface area (Å²) in [6.45, 7) is 2.01. The minimum absolute atomic E-state index is 0.201. The Morgan fingerprint density at radius 2 is 1.78 bits per heavy atom. The highest BCUT2D eigenvalue weighted by Crippen LogP contribution is 2.21. The van der Waals surface area contributed by atoms with Crippen molar-refractivity contribution in [2.75, 3.05) is 31.4 Å². The number of aromatic nitrogens is 3. The molecule has 7 nitrogen and oxygen atoms in total. The fraction of sp³-hybridized carbons (Fsp3) is 0.250. The number of ether oxygens (including phenoxy) is 1. The van der Waals surface area contributed by atoms with Crippen LogP contribution in [0.2, 0.25) is 0 Å². The second kappa shape index (κ2) is 7.90. The van der Waals surface area contributed by atoms with Crippen molar-refractivity contribution in [2.45, 2.75) is 13.5 Å². The Labute approximate surface area is 158 Å². The summed E-state index contributed by atoms with van der Waals surface area (Å²) in [7, 11) is 5.62. The second-order valence-corrected chi connectivity index (χ2v) is 6.33. The molecule has 0 aliphatic heterocycles. The van der Waals surface area contributed by atoms with Gasteiger partial charge < -0.3 is 15.0 Å². The van der Waals surface area contributed by atoms with Crippen LogP contribution in [0.25, 0.3) is 11.4 Å². The van der Waals surface area contributed by atoms with E-state index in [4.69, 9.17) is 4.74 Å². The summed E-state index contributed by atoms with van der Waals surface area (Å²) in [6, 6.07) is 15.6. The summed E-state index contributed by atoms with van der Waals surface area (Å²) in [5, 5.41) is 7.53. The van der Waals surface area contributed by atoms with Crippen LogP contribution >= 0.6 is 0 Å². The first-order chi connectivity index (χ1) is 13.0. The molecule has 0 unspecified atom stereocenters. The lowest BCUT2D eigenvalue weighted by molar-refractivity contribution is 0.0924. The highest BCUT2D eigenvalue weighted by atomic mass is 16.5. The fourth-order valence-electron chi connectivity index (χ4n) is 2.60. The molecule has 1 N–H and O–H groups in total. The first-order valence-corrected chi connectivity index (χ1v) is 8.60. The summed E-state index contributed by atoms with van der Waals surface area (Å²) in [5.74, 6) is 1.46. The van der Waals surface area contributed by atoms with Gasteiger partial charge in [-0.25, -0.2) is 0 Å². The van der Waals surface area contributed by atoms with Gasteiger partial charge in [-0.15, -0.1) is 5.10 Å². The normalized spacial score (nSPS) is 10.5. The second-order valence-electron chi connectivity index (χ2n) is 6.33. The van der Waals surface area contributed by atoms with Crippen molar-refractivity contribution in [2.24, 2.45) is 0 Å². The van der Waals surface area contributed by atoms with Crippen LogP contribution in [0.4, 0.5) is 11.6 Å². The molecule has 140 valence electrons. The Morgan fingerprint density at radius 3 is 2.33 bits per heavy atom. The third-order valence-electron chi connectivity index (χ3n) is 4.16. The maximum atomic E-state index is 11.9. The Bertz CT molecular complexity index is 915. The van der Waals surface area contributed by atoms with Crippen molar-refractivity contribution in [1.82, 2.24) is 14.8 Å². The van der Waals surface area contributed by atoms with Gasteiger partial charge in [0.05, 0.1) is 7.11 Å². The minimum Gasteiger partial charge on any atom is -0.497 e. The molecule has 2 aromatic carbocycles. The van der Waals surface area contributed by atoms with Gasteiger partial charge in [0.1, 0.15) is 5.75 Å². The molecule has 0 spiro atoms. The Balaban J connectivity index is 1.79. The zero-order valence-corrected chi connectivity index (χ0v) is 15.9. The van der Waals surface area contributed by atoms with Gasteiger partial charge in [0.2, 0.25) is 11.9 Å². The molecule has 0 bridgehead atoms. The predicted octanol–water partition coefficient (Wildman–Crippen LogP) is 3.29. The number of hydrogen-bond acceptors (Lipinski definition) is 6. The number of nitrogens with one attached hydrogen (secondary N) is 1. The predicted molar refractivity (Wildman–Crippen MR) is 106 cm³/mol. The van der Waals surface area contributed by atoms with E-state index in [2.05, 4.69) is 27.5 Å². The third kappa shape index (κ3) is 4.25. The molecule has 0 aliphatic carbocycles. The summed E-state index contributed by atoms with van der Waals surface area (Å²) < 4.78 is 6.45. The van der Waals surface area contributed by atoms with Gasteiger partial charge in [-0.2, -0.15) is 9.67 Å². The number of anilines is 2. The molecular weight excluding hydrogens is 342 g/mol. The van der Waals surface area contributed by atoms with Crippen molar-refractivity contribution >= 4 is 17.5 Å². The first-order valence-electron chi connectivity index (χ1n) is 8.60. The Kier molecular flexibility index (Phi) is 5.40. The molecule has 0 atom stereocenters. The molecule has 0 saturated heterocycles. The van der Waals surface area contributed by atoms with Crippen LogP contribution in [0.15, 0.2) is 48.5 Å². The van der Waals surface area contributed by atoms with E-state index < -0.39 is 0 Å². The monoisotopic (exact) mass is 365 g/mol. The smallest absolute Gasteiger partial charge is 0.246 e. The van der Waals surface area contributed by atoms with Gasteiger partial charge >= 0.3 is 0 Å². The minimum atomic E-state index is -0.201. The maximum absolute atomic E-state index is 11.9. The largest absolute Gasteiger partial charge is 0.497 e. The number of carbonyl (C=O) groups is 1. The highest BCUT2D eigenvalue weighted by Gasteiger charge is 2.14. The lowest BCUT2D eigenvalue weighted by Gasteiger charge is -2.13. The van der Waals surface area contributed by atoms with Crippen LogP contribution in [-0.2, 0) is 6.54 Å². The van der Waals surface area contributed by atoms with Crippen LogP contribution in [0.3, 0.4) is 0 Å². The van der Waals surface area contributed by atoms with E-state index in [0.717, 1.165) is 22.6 Å². The molecule has 7 heteroatoms. The molecule has 0 aliphatic rings. The SMILES string of the molecule is COc1ccc(-c2nc(NCc3ccc(N(C)C)cc3)n(C(C)=O)n2)cc1. The molecule has 3 aromatic rings. The van der Waals surface area contributed by atoms with Gasteiger partial charge in [-0.05, 0) is 42.0 Å². The van der Waals surface area contributed by atoms with Crippen LogP contribution in [0.1, 0.15) is 17.3 Å². The quantitative estimate of drug-likeness (QED) is 0.723. The van der Waals surface area contributed by atoms with Crippen LogP contribution in [-0.4, -0.2) is 41.9 Å². The van der Waals surface area contributed by atoms with E-state index in [0.29, 0.717) is 18.3 Å². The molecular formula is C20H23N5O2. The van der Waals surface area contributed by atoms with Crippen molar-refractivity contribution in [3.63, 3.8) is 0 Å². The van der Waals surface area contributed by atoms with E-state index in [1.54, 1.807) is 7.11 Å². The zero-order valence-electron chi connectivity index (χ0n) is 15.9. The third-order valence-corrected chi connectivity index (χ3v) is 4.16. The number of nitrogens with zero attached hydrogens (tertiary/aromatic N) is 4. The molecule has 0 fully saturated rings. The van der Waals surface area contributed by atoms with Gasteiger partial charge in [0, 0.05) is 38.8 Å². The average molecular weight is 365 g/mol. The van der Waals surface area contributed by atoms with Crippen LogP contribution in [0.5, 0.6) is 5.75 Å². The summed E-state index contributed by atoms with van der Waals surface area (Å²) in [5.41, 5.74) is 3.03. The number of hydrogen-bond donors (Lipinski definition) is 1. The van der Waals surface area contributed by atoms with Crippen LogP contribution < -0.4 is 15.0 Å². The molecule has 1 heterocycles. The molecule has 27 heavy (non-hydrogen) atoms. The average Bonchev–Trinajstić information content (AvgIpc) is 3.11. The van der Waals surface area contributed by atoms with Crippen molar-refractivity contribution < 1.29 is 9.53 Å². The summed E-state index contributed by atoms with van der Waals surface area (Å²) >= 11 is 0. The number of methoxy groups -OCH3 is 1. The summed E-state index contributed by atoms with van der Waals surface area (Å²) in [6.07, 6.45) is 0. The van der Waals surface area contributed by atoms with Gasteiger partial charge in [0.25, 0.3) is 0 Å². The Morgan fingerprint density at radius 1 is 1.11 bits per heavy atom.